The molecule has 1 heterocycles. The minimum Gasteiger partial charge on any atom is -0.484 e. The summed E-state index contributed by atoms with van der Waals surface area (Å²) in [6, 6.07) is 10.3. The molecule has 0 fully saturated rings. The average molecular weight is 346 g/mol. The van der Waals surface area contributed by atoms with Gasteiger partial charge in [0.25, 0.3) is 5.91 Å². The molecule has 2 rings (SSSR count). The molecule has 24 heavy (non-hydrogen) atoms. The lowest BCUT2D eigenvalue weighted by Crippen LogP contribution is -2.24. The summed E-state index contributed by atoms with van der Waals surface area (Å²) in [5.41, 5.74) is 2.83. The van der Waals surface area contributed by atoms with E-state index in [4.69, 9.17) is 9.47 Å². The third kappa shape index (κ3) is 5.51. The van der Waals surface area contributed by atoms with Crippen LogP contribution in [0.3, 0.4) is 0 Å². The first-order valence-corrected chi connectivity index (χ1v) is 8.18. The number of nitrogens with zero attached hydrogens (tertiary/aromatic N) is 1. The van der Waals surface area contributed by atoms with E-state index in [0.717, 1.165) is 4.88 Å². The molecule has 0 saturated heterocycles. The summed E-state index contributed by atoms with van der Waals surface area (Å²) in [6.07, 6.45) is 1.59. The van der Waals surface area contributed by atoms with Crippen molar-refractivity contribution in [3.8, 4) is 5.75 Å². The van der Waals surface area contributed by atoms with Crippen LogP contribution in [0.25, 0.3) is 0 Å². The number of thiophene rings is 1. The highest BCUT2D eigenvalue weighted by Gasteiger charge is 2.07. The number of benzene rings is 1. The van der Waals surface area contributed by atoms with Crippen molar-refractivity contribution >= 4 is 29.4 Å². The van der Waals surface area contributed by atoms with Gasteiger partial charge in [0.05, 0.1) is 18.4 Å². The third-order valence-electron chi connectivity index (χ3n) is 2.88. The van der Waals surface area contributed by atoms with Crippen LogP contribution < -0.4 is 10.2 Å². The van der Waals surface area contributed by atoms with Crippen molar-refractivity contribution in [3.63, 3.8) is 0 Å². The van der Waals surface area contributed by atoms with E-state index in [1.54, 1.807) is 48.7 Å². The number of esters is 1. The molecule has 0 aliphatic heterocycles. The lowest BCUT2D eigenvalue weighted by molar-refractivity contribution is -0.123. The highest BCUT2D eigenvalue weighted by atomic mass is 32.1. The first-order valence-electron chi connectivity index (χ1n) is 7.37. The second-order valence-electron chi connectivity index (χ2n) is 4.78. The smallest absolute Gasteiger partial charge is 0.338 e. The summed E-state index contributed by atoms with van der Waals surface area (Å²) >= 11 is 1.59. The average Bonchev–Trinajstić information content (AvgIpc) is 2.99. The van der Waals surface area contributed by atoms with Gasteiger partial charge >= 0.3 is 5.97 Å². The molecular formula is C17H18N2O4S. The molecule has 0 aliphatic carbocycles. The Morgan fingerprint density at radius 2 is 1.96 bits per heavy atom. The van der Waals surface area contributed by atoms with Gasteiger partial charge in [-0.25, -0.2) is 10.2 Å². The van der Waals surface area contributed by atoms with Crippen LogP contribution >= 0.6 is 11.3 Å². The number of carbonyl (C=O) groups is 2. The van der Waals surface area contributed by atoms with Gasteiger partial charge < -0.3 is 9.47 Å². The minimum absolute atomic E-state index is 0.167. The van der Waals surface area contributed by atoms with Crippen LogP contribution in [-0.4, -0.2) is 31.3 Å². The van der Waals surface area contributed by atoms with Crippen molar-refractivity contribution in [2.24, 2.45) is 5.10 Å². The van der Waals surface area contributed by atoms with E-state index >= 15 is 0 Å². The number of rotatable bonds is 7. The molecule has 1 amide bonds. The Hall–Kier alpha value is -2.67. The Kier molecular flexibility index (Phi) is 6.51. The standard InChI is InChI=1S/C17H18N2O4S/c1-3-22-17(21)13-5-7-14(8-6-13)23-11-16(20)19-18-10-15-9-4-12(2)24-15/h4-10H,3,11H2,1-2H3,(H,19,20). The van der Waals surface area contributed by atoms with Crippen LogP contribution in [0.2, 0.25) is 0 Å². The van der Waals surface area contributed by atoms with Gasteiger partial charge in [-0.3, -0.25) is 4.79 Å². The molecule has 0 spiro atoms. The Bertz CT molecular complexity index is 722. The maximum atomic E-state index is 11.7. The molecule has 2 aromatic rings. The van der Waals surface area contributed by atoms with Gasteiger partial charge in [-0.15, -0.1) is 11.3 Å². The van der Waals surface area contributed by atoms with Crippen molar-refractivity contribution in [1.29, 1.82) is 0 Å². The largest absolute Gasteiger partial charge is 0.484 e. The van der Waals surface area contributed by atoms with Crippen molar-refractivity contribution in [2.75, 3.05) is 13.2 Å². The van der Waals surface area contributed by atoms with E-state index in [1.165, 1.54) is 4.88 Å². The maximum absolute atomic E-state index is 11.7. The van der Waals surface area contributed by atoms with Crippen molar-refractivity contribution < 1.29 is 19.1 Å². The van der Waals surface area contributed by atoms with Gasteiger partial charge in [0.15, 0.2) is 6.61 Å². The number of aryl methyl sites for hydroxylation is 1. The summed E-state index contributed by atoms with van der Waals surface area (Å²) < 4.78 is 10.2. The Morgan fingerprint density at radius 1 is 1.21 bits per heavy atom. The monoisotopic (exact) mass is 346 g/mol. The molecule has 0 saturated carbocycles. The van der Waals surface area contributed by atoms with Gasteiger partial charge in [-0.05, 0) is 50.2 Å². The molecule has 126 valence electrons. The fraction of sp³-hybridized carbons (Fsp3) is 0.235. The normalized spacial score (nSPS) is 10.6. The second-order valence-corrected chi connectivity index (χ2v) is 6.09. The first-order chi connectivity index (χ1) is 11.6. The zero-order valence-corrected chi connectivity index (χ0v) is 14.3. The van der Waals surface area contributed by atoms with Crippen LogP contribution in [0.5, 0.6) is 5.75 Å². The van der Waals surface area contributed by atoms with Crippen LogP contribution in [-0.2, 0) is 9.53 Å². The number of amides is 1. The quantitative estimate of drug-likeness (QED) is 0.475. The summed E-state index contributed by atoms with van der Waals surface area (Å²) in [5.74, 6) is -0.273. The second kappa shape index (κ2) is 8.83. The summed E-state index contributed by atoms with van der Waals surface area (Å²) in [4.78, 5) is 25.3. The molecular weight excluding hydrogens is 328 g/mol. The Morgan fingerprint density at radius 3 is 2.58 bits per heavy atom. The lowest BCUT2D eigenvalue weighted by Gasteiger charge is -2.06. The number of hydrogen-bond acceptors (Lipinski definition) is 6. The van der Waals surface area contributed by atoms with E-state index in [0.29, 0.717) is 17.9 Å². The zero-order chi connectivity index (χ0) is 17.4. The van der Waals surface area contributed by atoms with E-state index in [9.17, 15) is 9.59 Å². The van der Waals surface area contributed by atoms with Crippen molar-refractivity contribution in [3.05, 3.63) is 51.7 Å². The summed E-state index contributed by atoms with van der Waals surface area (Å²) in [6.45, 7) is 3.90. The summed E-state index contributed by atoms with van der Waals surface area (Å²) in [7, 11) is 0. The summed E-state index contributed by atoms with van der Waals surface area (Å²) in [5, 5.41) is 3.87. The molecule has 0 bridgehead atoms. The van der Waals surface area contributed by atoms with E-state index in [2.05, 4.69) is 10.5 Å². The molecule has 0 radical (unpaired) electrons. The predicted molar refractivity (Wildman–Crippen MR) is 92.7 cm³/mol. The van der Waals surface area contributed by atoms with Crippen molar-refractivity contribution in [2.45, 2.75) is 13.8 Å². The number of hydrazone groups is 1. The van der Waals surface area contributed by atoms with E-state index in [1.807, 2.05) is 19.1 Å². The molecule has 1 aromatic heterocycles. The number of ether oxygens (including phenoxy) is 2. The van der Waals surface area contributed by atoms with Gasteiger partial charge in [0.2, 0.25) is 0 Å². The molecule has 0 unspecified atom stereocenters. The van der Waals surface area contributed by atoms with Crippen LogP contribution in [0.4, 0.5) is 0 Å². The van der Waals surface area contributed by atoms with E-state index in [-0.39, 0.29) is 18.5 Å². The number of nitrogens with one attached hydrogen (secondary N) is 1. The zero-order valence-electron chi connectivity index (χ0n) is 13.4. The van der Waals surface area contributed by atoms with Crippen LogP contribution in [0.1, 0.15) is 27.0 Å². The predicted octanol–water partition coefficient (Wildman–Crippen LogP) is 2.76. The molecule has 0 aliphatic rings. The molecule has 1 N–H and O–H groups in total. The van der Waals surface area contributed by atoms with Gasteiger partial charge in [0.1, 0.15) is 5.75 Å². The fourth-order valence-electron chi connectivity index (χ4n) is 1.77. The topological polar surface area (TPSA) is 77.0 Å². The highest BCUT2D eigenvalue weighted by Crippen LogP contribution is 2.13. The molecule has 0 atom stereocenters. The third-order valence-corrected chi connectivity index (χ3v) is 3.81. The van der Waals surface area contributed by atoms with Crippen LogP contribution in [0, 0.1) is 6.92 Å². The lowest BCUT2D eigenvalue weighted by atomic mass is 10.2. The molecule has 1 aromatic carbocycles. The van der Waals surface area contributed by atoms with Gasteiger partial charge in [-0.2, -0.15) is 5.10 Å². The van der Waals surface area contributed by atoms with Gasteiger partial charge in [-0.1, -0.05) is 0 Å². The fourth-order valence-corrected chi connectivity index (χ4v) is 2.52. The molecule has 7 heteroatoms. The number of carbonyl (C=O) groups excluding carboxylic acids is 2. The maximum Gasteiger partial charge on any atom is 0.338 e. The number of hydrogen-bond donors (Lipinski definition) is 1. The molecule has 6 nitrogen and oxygen atoms in total. The Balaban J connectivity index is 1.77. The van der Waals surface area contributed by atoms with E-state index < -0.39 is 0 Å². The minimum atomic E-state index is -0.389. The first kappa shape index (κ1) is 17.7. The van der Waals surface area contributed by atoms with Crippen LogP contribution in [0.15, 0.2) is 41.5 Å². The Labute approximate surface area is 144 Å². The van der Waals surface area contributed by atoms with Crippen molar-refractivity contribution in [1.82, 2.24) is 5.43 Å². The SMILES string of the molecule is CCOC(=O)c1ccc(OCC(=O)NN=Cc2ccc(C)s2)cc1. The van der Waals surface area contributed by atoms with Gasteiger partial charge in [0, 0.05) is 9.75 Å². The highest BCUT2D eigenvalue weighted by molar-refractivity contribution is 7.13.